The van der Waals surface area contributed by atoms with Crippen LogP contribution in [0, 0.1) is 50.7 Å². The van der Waals surface area contributed by atoms with E-state index in [9.17, 15) is 14.7 Å². The number of aromatic carboxylic acids is 1. The minimum atomic E-state index is -0.863. The van der Waals surface area contributed by atoms with Crippen LogP contribution in [0.25, 0.3) is 5.57 Å². The van der Waals surface area contributed by atoms with Crippen molar-refractivity contribution in [1.29, 1.82) is 0 Å². The molecule has 5 aliphatic carbocycles. The van der Waals surface area contributed by atoms with Crippen LogP contribution in [0.15, 0.2) is 43.0 Å². The summed E-state index contributed by atoms with van der Waals surface area (Å²) in [5.41, 5.74) is 4.20. The fourth-order valence-electron chi connectivity index (χ4n) is 12.5. The number of hydrogen-bond acceptors (Lipinski definition) is 3. The molecule has 4 saturated carbocycles. The molecule has 254 valence electrons. The maximum atomic E-state index is 12.7. The van der Waals surface area contributed by atoms with Crippen LogP contribution in [0.3, 0.4) is 0 Å². The molecule has 0 bridgehead atoms. The van der Waals surface area contributed by atoms with Gasteiger partial charge in [-0.2, -0.15) is 0 Å². The minimum absolute atomic E-state index is 0.0365. The maximum Gasteiger partial charge on any atom is 0.335 e. The topological polar surface area (TPSA) is 69.6 Å². The van der Waals surface area contributed by atoms with Gasteiger partial charge in [-0.3, -0.25) is 4.79 Å². The number of carbonyl (C=O) groups excluding carboxylic acids is 1. The minimum Gasteiger partial charge on any atom is -0.478 e. The fraction of sp³-hybridized carbons (Fsp3) is 0.707. The van der Waals surface area contributed by atoms with Gasteiger partial charge in [0, 0.05) is 6.54 Å². The third kappa shape index (κ3) is 5.51. The Morgan fingerprint density at radius 1 is 0.913 bits per heavy atom. The summed E-state index contributed by atoms with van der Waals surface area (Å²) < 4.78 is 0. The quantitative estimate of drug-likeness (QED) is 0.308. The molecular formula is C41H62N2O3. The van der Waals surface area contributed by atoms with E-state index in [1.807, 2.05) is 38.1 Å². The normalized spacial score (nSPS) is 38.9. The Labute approximate surface area is 279 Å². The van der Waals surface area contributed by atoms with Crippen LogP contribution < -0.4 is 5.32 Å². The molecule has 0 spiro atoms. The number of nitrogens with one attached hydrogen (secondary N) is 1. The Morgan fingerprint density at radius 3 is 2.22 bits per heavy atom. The number of benzene rings is 1. The van der Waals surface area contributed by atoms with Crippen molar-refractivity contribution in [3.63, 3.8) is 0 Å². The van der Waals surface area contributed by atoms with Gasteiger partial charge in [0.05, 0.1) is 12.1 Å². The Hall–Kier alpha value is -2.40. The summed E-state index contributed by atoms with van der Waals surface area (Å²) >= 11 is 0. The van der Waals surface area contributed by atoms with Crippen LogP contribution in [0.4, 0.5) is 0 Å². The molecule has 5 nitrogen and oxygen atoms in total. The second kappa shape index (κ2) is 12.6. The van der Waals surface area contributed by atoms with Crippen LogP contribution in [0.5, 0.6) is 0 Å². The van der Waals surface area contributed by atoms with E-state index in [1.54, 1.807) is 18.2 Å². The molecule has 5 aliphatic rings. The number of carbonyl (C=O) groups is 2. The van der Waals surface area contributed by atoms with Gasteiger partial charge >= 0.3 is 5.97 Å². The van der Waals surface area contributed by atoms with E-state index in [-0.39, 0.29) is 22.2 Å². The summed E-state index contributed by atoms with van der Waals surface area (Å²) in [7, 11) is 3.94. The summed E-state index contributed by atoms with van der Waals surface area (Å²) in [5, 5.41) is 12.8. The third-order valence-electron chi connectivity index (χ3n) is 14.7. The Bertz CT molecular complexity index is 1350. The van der Waals surface area contributed by atoms with E-state index >= 15 is 0 Å². The maximum absolute atomic E-state index is 12.7. The van der Waals surface area contributed by atoms with Crippen molar-refractivity contribution in [2.45, 2.75) is 106 Å². The van der Waals surface area contributed by atoms with Gasteiger partial charge in [0.2, 0.25) is 5.91 Å². The molecule has 0 aromatic heterocycles. The molecule has 0 aliphatic heterocycles. The lowest BCUT2D eigenvalue weighted by Crippen LogP contribution is -2.65. The van der Waals surface area contributed by atoms with Crippen LogP contribution in [0.1, 0.15) is 122 Å². The second-order valence-electron chi connectivity index (χ2n) is 17.4. The van der Waals surface area contributed by atoms with Crippen LogP contribution in [-0.4, -0.2) is 49.1 Å². The SMILES string of the molecule is C=CC.CN(C)CC(=O)NCC12CCCC1C1CCC3C4(C)CC=C(c5ccc(C(=O)O)cc5)C(C)(C)C4CCC3(C)[C@]1(C)CC2. The summed E-state index contributed by atoms with van der Waals surface area (Å²) in [6.45, 7) is 19.5. The predicted molar refractivity (Wildman–Crippen MR) is 189 cm³/mol. The van der Waals surface area contributed by atoms with Crippen molar-refractivity contribution in [2.24, 2.45) is 50.7 Å². The Kier molecular flexibility index (Phi) is 9.54. The molecule has 2 N–H and O–H groups in total. The largest absolute Gasteiger partial charge is 0.478 e. The lowest BCUT2D eigenvalue weighted by atomic mass is 9.32. The van der Waals surface area contributed by atoms with Gasteiger partial charge in [-0.05, 0) is 153 Å². The molecule has 0 radical (unpaired) electrons. The van der Waals surface area contributed by atoms with Gasteiger partial charge in [-0.15, -0.1) is 6.58 Å². The van der Waals surface area contributed by atoms with Gasteiger partial charge in [-0.1, -0.05) is 65.3 Å². The molecule has 7 unspecified atom stereocenters. The highest BCUT2D eigenvalue weighted by Crippen LogP contribution is 2.77. The zero-order valence-electron chi connectivity index (χ0n) is 30.2. The predicted octanol–water partition coefficient (Wildman–Crippen LogP) is 9.10. The molecule has 6 rings (SSSR count). The molecule has 0 saturated heterocycles. The summed E-state index contributed by atoms with van der Waals surface area (Å²) in [6, 6.07) is 7.58. The highest BCUT2D eigenvalue weighted by molar-refractivity contribution is 5.88. The van der Waals surface area contributed by atoms with Crippen molar-refractivity contribution >= 4 is 17.4 Å². The average molecular weight is 631 g/mol. The van der Waals surface area contributed by atoms with Gasteiger partial charge in [-0.25, -0.2) is 4.79 Å². The molecule has 5 heteroatoms. The molecule has 0 heterocycles. The van der Waals surface area contributed by atoms with Gasteiger partial charge < -0.3 is 15.3 Å². The Morgan fingerprint density at radius 2 is 1.59 bits per heavy atom. The number of fused-ring (bicyclic) bond motifs is 7. The number of likely N-dealkylation sites (N-methyl/N-ethyl adjacent to an activating group) is 1. The third-order valence-corrected chi connectivity index (χ3v) is 14.7. The lowest BCUT2D eigenvalue weighted by molar-refractivity contribution is -0.222. The zero-order valence-corrected chi connectivity index (χ0v) is 30.2. The van der Waals surface area contributed by atoms with Gasteiger partial charge in [0.15, 0.2) is 0 Å². The number of amides is 1. The van der Waals surface area contributed by atoms with Crippen molar-refractivity contribution < 1.29 is 14.7 Å². The first-order chi connectivity index (χ1) is 21.6. The van der Waals surface area contributed by atoms with E-state index in [4.69, 9.17) is 0 Å². The van der Waals surface area contributed by atoms with Crippen molar-refractivity contribution in [2.75, 3.05) is 27.2 Å². The fourth-order valence-corrected chi connectivity index (χ4v) is 12.5. The number of rotatable bonds is 6. The van der Waals surface area contributed by atoms with Crippen LogP contribution in [-0.2, 0) is 4.79 Å². The first kappa shape index (κ1) is 34.9. The molecule has 1 amide bonds. The number of hydrogen-bond donors (Lipinski definition) is 2. The molecule has 46 heavy (non-hydrogen) atoms. The van der Waals surface area contributed by atoms with Crippen LogP contribution in [0.2, 0.25) is 0 Å². The first-order valence-electron chi connectivity index (χ1n) is 18.1. The number of allylic oxidation sites excluding steroid dienone is 3. The second-order valence-corrected chi connectivity index (χ2v) is 17.4. The zero-order chi connectivity index (χ0) is 33.7. The summed E-state index contributed by atoms with van der Waals surface area (Å²) in [4.78, 5) is 26.1. The van der Waals surface area contributed by atoms with E-state index in [0.29, 0.717) is 34.8 Å². The lowest BCUT2D eigenvalue weighted by Gasteiger charge is -2.72. The van der Waals surface area contributed by atoms with E-state index in [2.05, 4.69) is 52.6 Å². The monoisotopic (exact) mass is 630 g/mol. The number of carboxylic acid groups (broad SMARTS) is 1. The van der Waals surface area contributed by atoms with Gasteiger partial charge in [0.25, 0.3) is 0 Å². The standard InChI is InChI=1S/C38H56N2O3.C3H6/c1-34(2)27(25-10-12-26(13-11-25)33(42)43)16-19-35(3)30(34)17-20-37(5)31(35)15-14-28-29-9-8-18-38(29,22-21-36(28,37)4)24-39-32(41)23-40(6)7;1-3-2/h10-13,16,28-31H,8-9,14-15,17-24H2,1-7H3,(H,39,41)(H,42,43);3H,1H2,2H3/t28?,29?,30?,31?,35?,36-,37?,38?;/m1./s1. The highest BCUT2D eigenvalue weighted by atomic mass is 16.4. The van der Waals surface area contributed by atoms with Crippen molar-refractivity contribution in [3.05, 3.63) is 54.1 Å². The number of nitrogens with zero attached hydrogens (tertiary/aromatic N) is 1. The highest BCUT2D eigenvalue weighted by Gasteiger charge is 2.69. The van der Waals surface area contributed by atoms with Crippen LogP contribution >= 0.6 is 0 Å². The van der Waals surface area contributed by atoms with E-state index in [0.717, 1.165) is 24.8 Å². The number of carboxylic acids is 1. The smallest absolute Gasteiger partial charge is 0.335 e. The molecule has 1 aromatic carbocycles. The Balaban J connectivity index is 0.00000134. The average Bonchev–Trinajstić information content (AvgIpc) is 3.41. The molecule has 8 atom stereocenters. The molecular weight excluding hydrogens is 568 g/mol. The van der Waals surface area contributed by atoms with E-state index < -0.39 is 5.97 Å². The van der Waals surface area contributed by atoms with Crippen molar-refractivity contribution in [1.82, 2.24) is 10.2 Å². The summed E-state index contributed by atoms with van der Waals surface area (Å²) in [6.07, 6.45) is 17.1. The molecule has 4 fully saturated rings. The van der Waals surface area contributed by atoms with E-state index in [1.165, 1.54) is 68.9 Å². The molecule has 1 aromatic rings. The van der Waals surface area contributed by atoms with Crippen molar-refractivity contribution in [3.8, 4) is 0 Å². The summed E-state index contributed by atoms with van der Waals surface area (Å²) in [5.74, 6) is 2.12. The van der Waals surface area contributed by atoms with Gasteiger partial charge in [0.1, 0.15) is 0 Å². The first-order valence-corrected chi connectivity index (χ1v) is 18.1.